The van der Waals surface area contributed by atoms with Crippen molar-refractivity contribution in [3.63, 3.8) is 0 Å². The van der Waals surface area contributed by atoms with Gasteiger partial charge < -0.3 is 10.8 Å². The molecule has 0 unspecified atom stereocenters. The zero-order valence-electron chi connectivity index (χ0n) is 11.4. The topological polar surface area (TPSA) is 122 Å². The first-order valence-corrected chi connectivity index (χ1v) is 7.77. The van der Waals surface area contributed by atoms with Gasteiger partial charge in [-0.05, 0) is 12.5 Å². The van der Waals surface area contributed by atoms with Gasteiger partial charge in [-0.1, -0.05) is 11.8 Å². The molecule has 1 rings (SSSR count). The van der Waals surface area contributed by atoms with E-state index in [1.807, 2.05) is 0 Å². The Balaban J connectivity index is 2.73. The first-order chi connectivity index (χ1) is 9.95. The number of nitrogens with two attached hydrogens (primary N) is 1. The van der Waals surface area contributed by atoms with Gasteiger partial charge in [0.2, 0.25) is 15.9 Å². The fourth-order valence-electron chi connectivity index (χ4n) is 1.41. The molecule has 1 amide bonds. The van der Waals surface area contributed by atoms with Gasteiger partial charge in [0.1, 0.15) is 4.90 Å². The van der Waals surface area contributed by atoms with E-state index in [-0.39, 0.29) is 24.5 Å². The summed E-state index contributed by atoms with van der Waals surface area (Å²) in [5, 5.41) is 8.63. The van der Waals surface area contributed by atoms with E-state index in [0.717, 1.165) is 0 Å². The maximum absolute atomic E-state index is 12.0. The Hall–Kier alpha value is -1.95. The number of hydrogen-bond donors (Lipinski definition) is 3. The summed E-state index contributed by atoms with van der Waals surface area (Å²) in [7, 11) is -3.69. The monoisotopic (exact) mass is 311 g/mol. The van der Waals surface area contributed by atoms with E-state index in [9.17, 15) is 13.2 Å². The second kappa shape index (κ2) is 8.36. The van der Waals surface area contributed by atoms with Crippen molar-refractivity contribution in [2.75, 3.05) is 13.2 Å². The Morgan fingerprint density at radius 3 is 2.86 bits per heavy atom. The fraction of sp³-hybridized carbons (Fsp3) is 0.385. The SMILES string of the molecule is NC(=O)CCCNS(=O)(=O)c1cncc(C#CCCO)c1. The van der Waals surface area contributed by atoms with Crippen LogP contribution in [0.15, 0.2) is 23.4 Å². The van der Waals surface area contributed by atoms with Crippen molar-refractivity contribution in [3.05, 3.63) is 24.0 Å². The van der Waals surface area contributed by atoms with E-state index >= 15 is 0 Å². The highest BCUT2D eigenvalue weighted by atomic mass is 32.2. The second-order valence-electron chi connectivity index (χ2n) is 4.15. The molecule has 0 atom stereocenters. The number of nitrogens with one attached hydrogen (secondary N) is 1. The predicted octanol–water partition coefficient (Wildman–Crippen LogP) is -0.641. The van der Waals surface area contributed by atoms with E-state index in [2.05, 4.69) is 21.5 Å². The minimum atomic E-state index is -3.69. The standard InChI is InChI=1S/C13H17N3O4S/c14-13(18)5-3-6-16-21(19,20)12-8-11(9-15-10-12)4-1-2-7-17/h8-10,16-17H,2-3,5-7H2,(H2,14,18). The van der Waals surface area contributed by atoms with E-state index in [1.165, 1.54) is 18.5 Å². The first-order valence-electron chi connectivity index (χ1n) is 6.28. The molecule has 0 spiro atoms. The number of aliphatic hydroxyl groups is 1. The van der Waals surface area contributed by atoms with Crippen LogP contribution in [0.2, 0.25) is 0 Å². The summed E-state index contributed by atoms with van der Waals surface area (Å²) in [4.78, 5) is 14.4. The van der Waals surface area contributed by atoms with Gasteiger partial charge in [-0.2, -0.15) is 0 Å². The van der Waals surface area contributed by atoms with Gasteiger partial charge in [-0.25, -0.2) is 13.1 Å². The van der Waals surface area contributed by atoms with Crippen molar-refractivity contribution in [1.82, 2.24) is 9.71 Å². The molecule has 0 saturated carbocycles. The number of aromatic nitrogens is 1. The average Bonchev–Trinajstić information content (AvgIpc) is 2.44. The number of amides is 1. The van der Waals surface area contributed by atoms with Gasteiger partial charge in [-0.3, -0.25) is 9.78 Å². The molecule has 8 heteroatoms. The number of rotatable bonds is 7. The molecule has 0 bridgehead atoms. The molecular formula is C13H17N3O4S. The highest BCUT2D eigenvalue weighted by Gasteiger charge is 2.14. The summed E-state index contributed by atoms with van der Waals surface area (Å²) in [5.74, 6) is 4.93. The lowest BCUT2D eigenvalue weighted by atomic mass is 10.3. The molecule has 0 aliphatic carbocycles. The molecule has 0 saturated heterocycles. The zero-order chi connectivity index (χ0) is 15.7. The smallest absolute Gasteiger partial charge is 0.242 e. The van der Waals surface area contributed by atoms with Crippen LogP contribution >= 0.6 is 0 Å². The Kier molecular flexibility index (Phi) is 6.81. The molecule has 1 aromatic heterocycles. The molecule has 0 fully saturated rings. The van der Waals surface area contributed by atoms with Gasteiger partial charge in [0.15, 0.2) is 0 Å². The highest BCUT2D eigenvalue weighted by Crippen LogP contribution is 2.09. The molecule has 1 aromatic rings. The Morgan fingerprint density at radius 1 is 1.43 bits per heavy atom. The number of carbonyl (C=O) groups excluding carboxylic acids is 1. The molecule has 4 N–H and O–H groups in total. The minimum absolute atomic E-state index is 0.00243. The Labute approximate surface area is 123 Å². The van der Waals surface area contributed by atoms with Gasteiger partial charge in [-0.15, -0.1) is 0 Å². The number of sulfonamides is 1. The van der Waals surface area contributed by atoms with E-state index < -0.39 is 15.9 Å². The van der Waals surface area contributed by atoms with Crippen molar-refractivity contribution >= 4 is 15.9 Å². The van der Waals surface area contributed by atoms with Crippen molar-refractivity contribution in [1.29, 1.82) is 0 Å². The molecule has 114 valence electrons. The van der Waals surface area contributed by atoms with E-state index in [4.69, 9.17) is 10.8 Å². The van der Waals surface area contributed by atoms with Crippen molar-refractivity contribution in [2.45, 2.75) is 24.2 Å². The number of primary amides is 1. The van der Waals surface area contributed by atoms with Crippen molar-refractivity contribution in [2.24, 2.45) is 5.73 Å². The zero-order valence-corrected chi connectivity index (χ0v) is 12.2. The fourth-order valence-corrected chi connectivity index (χ4v) is 2.47. The highest BCUT2D eigenvalue weighted by molar-refractivity contribution is 7.89. The molecule has 21 heavy (non-hydrogen) atoms. The number of carbonyl (C=O) groups is 1. The lowest BCUT2D eigenvalue weighted by Crippen LogP contribution is -2.26. The lowest BCUT2D eigenvalue weighted by Gasteiger charge is -2.06. The summed E-state index contributed by atoms with van der Waals surface area (Å²) in [6.07, 6.45) is 3.41. The number of aliphatic hydroxyl groups excluding tert-OH is 1. The second-order valence-corrected chi connectivity index (χ2v) is 5.92. The number of pyridine rings is 1. The van der Waals surface area contributed by atoms with Gasteiger partial charge in [0.25, 0.3) is 0 Å². The summed E-state index contributed by atoms with van der Waals surface area (Å²) >= 11 is 0. The third kappa shape index (κ3) is 6.35. The van der Waals surface area contributed by atoms with Crippen molar-refractivity contribution in [3.8, 4) is 11.8 Å². The van der Waals surface area contributed by atoms with Crippen LogP contribution < -0.4 is 10.5 Å². The molecular weight excluding hydrogens is 294 g/mol. The summed E-state index contributed by atoms with van der Waals surface area (Å²) in [5.41, 5.74) is 5.42. The first kappa shape index (κ1) is 17.1. The quantitative estimate of drug-likeness (QED) is 0.456. The van der Waals surface area contributed by atoms with Crippen LogP contribution in [0.3, 0.4) is 0 Å². The lowest BCUT2D eigenvalue weighted by molar-refractivity contribution is -0.118. The number of hydrogen-bond acceptors (Lipinski definition) is 5. The Bertz CT molecular complexity index is 647. The average molecular weight is 311 g/mol. The normalized spacial score (nSPS) is 10.7. The third-order valence-electron chi connectivity index (χ3n) is 2.39. The van der Waals surface area contributed by atoms with Crippen LogP contribution in [0.4, 0.5) is 0 Å². The largest absolute Gasteiger partial charge is 0.395 e. The summed E-state index contributed by atoms with van der Waals surface area (Å²) < 4.78 is 26.4. The molecule has 1 heterocycles. The summed E-state index contributed by atoms with van der Waals surface area (Å²) in [6, 6.07) is 1.40. The molecule has 0 aliphatic heterocycles. The molecule has 7 nitrogen and oxygen atoms in total. The molecule has 0 radical (unpaired) electrons. The summed E-state index contributed by atoms with van der Waals surface area (Å²) in [6.45, 7) is 0.0610. The minimum Gasteiger partial charge on any atom is -0.395 e. The maximum atomic E-state index is 12.0. The van der Waals surface area contributed by atoms with Crippen LogP contribution in [0.1, 0.15) is 24.8 Å². The Morgan fingerprint density at radius 2 is 2.19 bits per heavy atom. The van der Waals surface area contributed by atoms with Crippen LogP contribution in [-0.2, 0) is 14.8 Å². The van der Waals surface area contributed by atoms with Gasteiger partial charge in [0, 0.05) is 37.3 Å². The van der Waals surface area contributed by atoms with Gasteiger partial charge in [0.05, 0.1) is 6.61 Å². The van der Waals surface area contributed by atoms with E-state index in [0.29, 0.717) is 18.4 Å². The van der Waals surface area contributed by atoms with Crippen LogP contribution in [-0.4, -0.2) is 37.6 Å². The van der Waals surface area contributed by atoms with Gasteiger partial charge >= 0.3 is 0 Å². The van der Waals surface area contributed by atoms with Crippen LogP contribution in [0, 0.1) is 11.8 Å². The van der Waals surface area contributed by atoms with E-state index in [1.54, 1.807) is 0 Å². The predicted molar refractivity (Wildman–Crippen MR) is 76.4 cm³/mol. The van der Waals surface area contributed by atoms with Crippen LogP contribution in [0.25, 0.3) is 0 Å². The molecule has 0 aromatic carbocycles. The maximum Gasteiger partial charge on any atom is 0.242 e. The van der Waals surface area contributed by atoms with Crippen molar-refractivity contribution < 1.29 is 18.3 Å². The molecule has 0 aliphatic rings. The van der Waals surface area contributed by atoms with Crippen LogP contribution in [0.5, 0.6) is 0 Å². The third-order valence-corrected chi connectivity index (χ3v) is 3.81. The number of nitrogens with zero attached hydrogens (tertiary/aromatic N) is 1.